The number of carbonyl (C=O) groups is 1. The van der Waals surface area contributed by atoms with Crippen molar-refractivity contribution in [3.05, 3.63) is 64.2 Å². The molecule has 0 aliphatic rings. The lowest BCUT2D eigenvalue weighted by atomic mass is 10.1. The molecular formula is C16H16N2O6S. The molecule has 0 saturated heterocycles. The maximum Gasteiger partial charge on any atom is 0.324 e. The van der Waals surface area contributed by atoms with Crippen LogP contribution in [0.1, 0.15) is 12.5 Å². The summed E-state index contributed by atoms with van der Waals surface area (Å²) in [6, 6.07) is 11.2. The summed E-state index contributed by atoms with van der Waals surface area (Å²) >= 11 is 0. The Balaban J connectivity index is 2.60. The molecule has 0 heterocycles. The summed E-state index contributed by atoms with van der Waals surface area (Å²) in [7, 11) is -4.43. The fourth-order valence-corrected chi connectivity index (χ4v) is 3.86. The van der Waals surface area contributed by atoms with Crippen LogP contribution in [0.15, 0.2) is 53.4 Å². The second-order valence-corrected chi connectivity index (χ2v) is 6.98. The zero-order valence-corrected chi connectivity index (χ0v) is 14.1. The Kier molecular flexibility index (Phi) is 5.38. The molecule has 0 amide bonds. The van der Waals surface area contributed by atoms with Gasteiger partial charge in [0, 0.05) is 6.07 Å². The van der Waals surface area contributed by atoms with Gasteiger partial charge in [-0.25, -0.2) is 8.42 Å². The molecule has 2 rings (SSSR count). The summed E-state index contributed by atoms with van der Waals surface area (Å²) in [6.45, 7) is 1.08. The number of hydrogen-bond donors (Lipinski definition) is 1. The molecule has 2 aromatic rings. The number of nitrogens with zero attached hydrogens (tertiary/aromatic N) is 2. The summed E-state index contributed by atoms with van der Waals surface area (Å²) in [5.41, 5.74) is 0.461. The van der Waals surface area contributed by atoms with E-state index in [1.807, 2.05) is 6.92 Å². The van der Waals surface area contributed by atoms with E-state index in [-0.39, 0.29) is 5.69 Å². The van der Waals surface area contributed by atoms with Gasteiger partial charge in [0.2, 0.25) is 0 Å². The van der Waals surface area contributed by atoms with E-state index in [9.17, 15) is 23.3 Å². The first kappa shape index (κ1) is 18.4. The van der Waals surface area contributed by atoms with Crippen molar-refractivity contribution in [2.45, 2.75) is 18.2 Å². The molecule has 132 valence electrons. The zero-order valence-electron chi connectivity index (χ0n) is 13.3. The van der Waals surface area contributed by atoms with Crippen molar-refractivity contribution in [3.8, 4) is 0 Å². The lowest BCUT2D eigenvalue weighted by Gasteiger charge is -2.22. The minimum absolute atomic E-state index is 0.123. The zero-order chi connectivity index (χ0) is 18.6. The Hall–Kier alpha value is -2.94. The summed E-state index contributed by atoms with van der Waals surface area (Å²) in [4.78, 5) is 20.9. The van der Waals surface area contributed by atoms with Crippen LogP contribution in [-0.2, 0) is 21.2 Å². The molecule has 1 N–H and O–H groups in total. The molecule has 0 aromatic heterocycles. The van der Waals surface area contributed by atoms with Crippen LogP contribution in [0.25, 0.3) is 0 Å². The molecule has 0 bridgehead atoms. The Labute approximate surface area is 144 Å². The quantitative estimate of drug-likeness (QED) is 0.595. The highest BCUT2D eigenvalue weighted by atomic mass is 32.2. The SMILES string of the molecule is CCc1ccc(N(CC(=O)O)S(=O)(=O)c2ccccc2[N+](=O)[O-])cc1. The van der Waals surface area contributed by atoms with Crippen molar-refractivity contribution in [2.24, 2.45) is 0 Å². The van der Waals surface area contributed by atoms with Crippen molar-refractivity contribution < 1.29 is 23.2 Å². The van der Waals surface area contributed by atoms with Crippen LogP contribution < -0.4 is 4.31 Å². The molecule has 0 aliphatic heterocycles. The Morgan fingerprint density at radius 1 is 1.16 bits per heavy atom. The number of rotatable bonds is 7. The highest BCUT2D eigenvalue weighted by molar-refractivity contribution is 7.93. The average Bonchev–Trinajstić information content (AvgIpc) is 2.59. The molecule has 2 aromatic carbocycles. The largest absolute Gasteiger partial charge is 0.480 e. The predicted molar refractivity (Wildman–Crippen MR) is 91.1 cm³/mol. The summed E-state index contributed by atoms with van der Waals surface area (Å²) in [5.74, 6) is -1.37. The molecule has 25 heavy (non-hydrogen) atoms. The Morgan fingerprint density at radius 3 is 2.28 bits per heavy atom. The van der Waals surface area contributed by atoms with E-state index < -0.39 is 38.0 Å². The minimum Gasteiger partial charge on any atom is -0.480 e. The van der Waals surface area contributed by atoms with Crippen LogP contribution in [0, 0.1) is 10.1 Å². The first-order valence-electron chi connectivity index (χ1n) is 7.34. The van der Waals surface area contributed by atoms with Gasteiger partial charge >= 0.3 is 5.97 Å². The maximum atomic E-state index is 12.9. The third kappa shape index (κ3) is 3.94. The van der Waals surface area contributed by atoms with E-state index in [1.54, 1.807) is 12.1 Å². The number of aryl methyl sites for hydroxylation is 1. The molecular weight excluding hydrogens is 348 g/mol. The number of aliphatic carboxylic acids is 1. The first-order chi connectivity index (χ1) is 11.8. The van der Waals surface area contributed by atoms with Crippen molar-refractivity contribution in [1.29, 1.82) is 0 Å². The smallest absolute Gasteiger partial charge is 0.324 e. The highest BCUT2D eigenvalue weighted by Gasteiger charge is 2.32. The van der Waals surface area contributed by atoms with Crippen LogP contribution in [0.4, 0.5) is 11.4 Å². The Bertz CT molecular complexity index is 893. The van der Waals surface area contributed by atoms with E-state index in [1.165, 1.54) is 24.3 Å². The number of nitro groups is 1. The number of hydrogen-bond acceptors (Lipinski definition) is 5. The fraction of sp³-hybridized carbons (Fsp3) is 0.188. The molecule has 0 spiro atoms. The van der Waals surface area contributed by atoms with E-state index in [4.69, 9.17) is 5.11 Å². The van der Waals surface area contributed by atoms with Crippen LogP contribution >= 0.6 is 0 Å². The highest BCUT2D eigenvalue weighted by Crippen LogP contribution is 2.29. The number of anilines is 1. The molecule has 0 fully saturated rings. The van der Waals surface area contributed by atoms with Crippen LogP contribution in [0.5, 0.6) is 0 Å². The van der Waals surface area contributed by atoms with Crippen LogP contribution in [0.2, 0.25) is 0 Å². The topological polar surface area (TPSA) is 118 Å². The lowest BCUT2D eigenvalue weighted by Crippen LogP contribution is -2.36. The van der Waals surface area contributed by atoms with E-state index >= 15 is 0 Å². The van der Waals surface area contributed by atoms with Gasteiger partial charge in [0.1, 0.15) is 6.54 Å². The normalized spacial score (nSPS) is 11.1. The number of sulfonamides is 1. The third-order valence-electron chi connectivity index (χ3n) is 3.54. The van der Waals surface area contributed by atoms with E-state index in [2.05, 4.69) is 0 Å². The van der Waals surface area contributed by atoms with Gasteiger partial charge in [0.05, 0.1) is 10.6 Å². The Morgan fingerprint density at radius 2 is 1.76 bits per heavy atom. The van der Waals surface area contributed by atoms with Gasteiger partial charge in [-0.1, -0.05) is 31.2 Å². The molecule has 9 heteroatoms. The number of nitro benzene ring substituents is 1. The van der Waals surface area contributed by atoms with Gasteiger partial charge in [-0.3, -0.25) is 19.2 Å². The average molecular weight is 364 g/mol. The summed E-state index contributed by atoms with van der Waals surface area (Å²) in [5, 5.41) is 20.2. The molecule has 0 radical (unpaired) electrons. The van der Waals surface area contributed by atoms with E-state index in [0.717, 1.165) is 24.1 Å². The number of carboxylic acid groups (broad SMARTS) is 1. The van der Waals surface area contributed by atoms with Crippen molar-refractivity contribution in [3.63, 3.8) is 0 Å². The standard InChI is InChI=1S/C16H16N2O6S/c1-2-12-7-9-13(10-8-12)17(11-16(19)20)25(23,24)15-6-4-3-5-14(15)18(21)22/h3-10H,2,11H2,1H3,(H,19,20). The van der Waals surface area contributed by atoms with E-state index in [0.29, 0.717) is 4.31 Å². The molecule has 0 unspecified atom stereocenters. The number of carboxylic acids is 1. The first-order valence-corrected chi connectivity index (χ1v) is 8.78. The maximum absolute atomic E-state index is 12.9. The predicted octanol–water partition coefficient (Wildman–Crippen LogP) is 2.44. The van der Waals surface area contributed by atoms with Gasteiger partial charge < -0.3 is 5.11 Å². The lowest BCUT2D eigenvalue weighted by molar-refractivity contribution is -0.387. The number of benzene rings is 2. The third-order valence-corrected chi connectivity index (χ3v) is 5.36. The minimum atomic E-state index is -4.43. The van der Waals surface area contributed by atoms with Gasteiger partial charge in [0.15, 0.2) is 4.90 Å². The monoisotopic (exact) mass is 364 g/mol. The molecule has 0 atom stereocenters. The van der Waals surface area contributed by atoms with Gasteiger partial charge in [-0.05, 0) is 30.2 Å². The van der Waals surface area contributed by atoms with Gasteiger partial charge in [-0.2, -0.15) is 0 Å². The van der Waals surface area contributed by atoms with Crippen molar-refractivity contribution in [2.75, 3.05) is 10.8 Å². The van der Waals surface area contributed by atoms with Crippen LogP contribution in [0.3, 0.4) is 0 Å². The molecule has 8 nitrogen and oxygen atoms in total. The molecule has 0 aliphatic carbocycles. The van der Waals surface area contributed by atoms with Crippen LogP contribution in [-0.4, -0.2) is 31.0 Å². The van der Waals surface area contributed by atoms with Crippen molar-refractivity contribution in [1.82, 2.24) is 0 Å². The molecule has 0 saturated carbocycles. The second-order valence-electron chi connectivity index (χ2n) is 5.15. The fourth-order valence-electron chi connectivity index (χ4n) is 2.28. The summed E-state index contributed by atoms with van der Waals surface area (Å²) < 4.78 is 26.5. The van der Waals surface area contributed by atoms with Crippen molar-refractivity contribution >= 4 is 27.4 Å². The van der Waals surface area contributed by atoms with Gasteiger partial charge in [0.25, 0.3) is 15.7 Å². The second kappa shape index (κ2) is 7.31. The summed E-state index contributed by atoms with van der Waals surface area (Å²) in [6.07, 6.45) is 0.732. The van der Waals surface area contributed by atoms with Gasteiger partial charge in [-0.15, -0.1) is 0 Å². The number of para-hydroxylation sites is 1.